The lowest BCUT2D eigenvalue weighted by Gasteiger charge is -2.23. The average molecular weight is 177 g/mol. The second-order valence-corrected chi connectivity index (χ2v) is 3.07. The van der Waals surface area contributed by atoms with Gasteiger partial charge in [-0.3, -0.25) is 4.98 Å². The summed E-state index contributed by atoms with van der Waals surface area (Å²) in [6.45, 7) is 1.38. The fraction of sp³-hybridized carbons (Fsp3) is 0.333. The average Bonchev–Trinajstić information content (AvgIpc) is 2.20. The van der Waals surface area contributed by atoms with Crippen molar-refractivity contribution in [2.24, 2.45) is 0 Å². The Kier molecular flexibility index (Phi) is 2.12. The Morgan fingerprint density at radius 1 is 1.38 bits per heavy atom. The molecule has 0 saturated carbocycles. The third-order valence-corrected chi connectivity index (χ3v) is 2.17. The molecule has 1 aromatic rings. The van der Waals surface area contributed by atoms with Gasteiger partial charge in [-0.05, 0) is 11.6 Å². The Bertz CT molecular complexity index is 289. The van der Waals surface area contributed by atoms with Crippen molar-refractivity contribution in [2.75, 3.05) is 13.1 Å². The second-order valence-electron chi connectivity index (χ2n) is 3.07. The minimum Gasteiger partial charge on any atom is -0.337 e. The Morgan fingerprint density at radius 2 is 2.15 bits per heavy atom. The van der Waals surface area contributed by atoms with Crippen LogP contribution in [0.3, 0.4) is 0 Å². The molecule has 1 aromatic heterocycles. The zero-order valence-electron chi connectivity index (χ0n) is 7.16. The van der Waals surface area contributed by atoms with Crippen LogP contribution in [0.25, 0.3) is 0 Å². The van der Waals surface area contributed by atoms with E-state index in [0.717, 1.165) is 5.56 Å². The number of pyridine rings is 1. The molecule has 2 N–H and O–H groups in total. The van der Waals surface area contributed by atoms with Crippen molar-refractivity contribution in [3.8, 4) is 0 Å². The van der Waals surface area contributed by atoms with Gasteiger partial charge in [-0.25, -0.2) is 4.79 Å². The molecule has 0 aromatic carbocycles. The summed E-state index contributed by atoms with van der Waals surface area (Å²) in [6.07, 6.45) is 3.59. The van der Waals surface area contributed by atoms with Gasteiger partial charge in [0, 0.05) is 31.4 Å². The van der Waals surface area contributed by atoms with E-state index in [2.05, 4.69) is 15.6 Å². The number of urea groups is 1. The summed E-state index contributed by atoms with van der Waals surface area (Å²) >= 11 is 0. The largest absolute Gasteiger partial charge is 0.337 e. The molecule has 0 spiro atoms. The molecule has 68 valence electrons. The van der Waals surface area contributed by atoms with Crippen molar-refractivity contribution in [2.45, 2.75) is 5.92 Å². The van der Waals surface area contributed by atoms with Crippen molar-refractivity contribution in [3.63, 3.8) is 0 Å². The molecule has 0 bridgehead atoms. The van der Waals surface area contributed by atoms with Crippen LogP contribution in [0.1, 0.15) is 11.5 Å². The lowest BCUT2D eigenvalue weighted by Crippen LogP contribution is -2.47. The van der Waals surface area contributed by atoms with Crippen LogP contribution in [0, 0.1) is 0 Å². The highest BCUT2D eigenvalue weighted by Crippen LogP contribution is 2.13. The fourth-order valence-electron chi connectivity index (χ4n) is 1.42. The van der Waals surface area contributed by atoms with Gasteiger partial charge in [-0.15, -0.1) is 0 Å². The van der Waals surface area contributed by atoms with E-state index in [1.54, 1.807) is 6.20 Å². The zero-order chi connectivity index (χ0) is 9.10. The van der Waals surface area contributed by atoms with Crippen molar-refractivity contribution >= 4 is 6.03 Å². The van der Waals surface area contributed by atoms with E-state index in [4.69, 9.17) is 0 Å². The van der Waals surface area contributed by atoms with Gasteiger partial charge in [0.1, 0.15) is 0 Å². The Hall–Kier alpha value is -1.58. The summed E-state index contributed by atoms with van der Waals surface area (Å²) in [5.41, 5.74) is 1.16. The molecule has 1 fully saturated rings. The van der Waals surface area contributed by atoms with Crippen LogP contribution in [0.15, 0.2) is 24.5 Å². The van der Waals surface area contributed by atoms with Crippen LogP contribution in [0.4, 0.5) is 4.79 Å². The number of nitrogens with one attached hydrogen (secondary N) is 2. The lowest BCUT2D eigenvalue weighted by molar-refractivity contribution is 0.234. The number of hydrogen-bond donors (Lipinski definition) is 2. The van der Waals surface area contributed by atoms with Crippen LogP contribution in [0.2, 0.25) is 0 Å². The highest BCUT2D eigenvalue weighted by molar-refractivity contribution is 5.74. The van der Waals surface area contributed by atoms with Gasteiger partial charge >= 0.3 is 6.03 Å². The molecular weight excluding hydrogens is 166 g/mol. The number of aromatic nitrogens is 1. The third-order valence-electron chi connectivity index (χ3n) is 2.17. The maximum atomic E-state index is 10.8. The fourth-order valence-corrected chi connectivity index (χ4v) is 1.42. The van der Waals surface area contributed by atoms with E-state index in [1.165, 1.54) is 0 Å². The molecule has 4 nitrogen and oxygen atoms in total. The van der Waals surface area contributed by atoms with Crippen molar-refractivity contribution in [3.05, 3.63) is 30.1 Å². The first kappa shape index (κ1) is 8.04. The molecule has 2 rings (SSSR count). The first-order chi connectivity index (χ1) is 6.36. The van der Waals surface area contributed by atoms with Crippen LogP contribution < -0.4 is 10.6 Å². The molecule has 2 amide bonds. The van der Waals surface area contributed by atoms with Crippen LogP contribution in [-0.4, -0.2) is 24.1 Å². The van der Waals surface area contributed by atoms with Crippen LogP contribution in [-0.2, 0) is 0 Å². The molecular formula is C9H11N3O. The van der Waals surface area contributed by atoms with E-state index in [1.807, 2.05) is 18.3 Å². The molecule has 1 aliphatic heterocycles. The normalized spacial score (nSPS) is 17.7. The highest BCUT2D eigenvalue weighted by Gasteiger charge is 2.18. The summed E-state index contributed by atoms with van der Waals surface area (Å²) in [5.74, 6) is 0.339. The number of carbonyl (C=O) groups is 1. The number of carbonyl (C=O) groups excluding carboxylic acids is 1. The third kappa shape index (κ3) is 1.77. The summed E-state index contributed by atoms with van der Waals surface area (Å²) in [5, 5.41) is 5.51. The SMILES string of the molecule is O=C1NCC(c2cccnc2)CN1. The number of amides is 2. The van der Waals surface area contributed by atoms with Crippen molar-refractivity contribution < 1.29 is 4.79 Å². The van der Waals surface area contributed by atoms with E-state index < -0.39 is 0 Å². The number of nitrogens with zero attached hydrogens (tertiary/aromatic N) is 1. The lowest BCUT2D eigenvalue weighted by atomic mass is 10.00. The van der Waals surface area contributed by atoms with Gasteiger partial charge in [-0.1, -0.05) is 6.07 Å². The summed E-state index contributed by atoms with van der Waals surface area (Å²) in [6, 6.07) is 3.85. The maximum Gasteiger partial charge on any atom is 0.314 e. The van der Waals surface area contributed by atoms with Crippen molar-refractivity contribution in [1.29, 1.82) is 0 Å². The van der Waals surface area contributed by atoms with E-state index in [0.29, 0.717) is 19.0 Å². The number of rotatable bonds is 1. The second kappa shape index (κ2) is 3.43. The highest BCUT2D eigenvalue weighted by atomic mass is 16.2. The molecule has 0 unspecified atom stereocenters. The quantitative estimate of drug-likeness (QED) is 0.655. The molecule has 2 heterocycles. The summed E-state index contributed by atoms with van der Waals surface area (Å²) in [7, 11) is 0. The molecule has 13 heavy (non-hydrogen) atoms. The predicted octanol–water partition coefficient (Wildman–Crippen LogP) is 0.478. The topological polar surface area (TPSA) is 54.0 Å². The van der Waals surface area contributed by atoms with Gasteiger partial charge in [0.2, 0.25) is 0 Å². The van der Waals surface area contributed by atoms with Gasteiger partial charge < -0.3 is 10.6 Å². The van der Waals surface area contributed by atoms with Gasteiger partial charge in [0.15, 0.2) is 0 Å². The van der Waals surface area contributed by atoms with E-state index >= 15 is 0 Å². The van der Waals surface area contributed by atoms with Crippen molar-refractivity contribution in [1.82, 2.24) is 15.6 Å². The van der Waals surface area contributed by atoms with Gasteiger partial charge in [0.05, 0.1) is 0 Å². The van der Waals surface area contributed by atoms with Gasteiger partial charge in [-0.2, -0.15) is 0 Å². The molecule has 0 aliphatic carbocycles. The van der Waals surface area contributed by atoms with E-state index in [-0.39, 0.29) is 6.03 Å². The smallest absolute Gasteiger partial charge is 0.314 e. The van der Waals surface area contributed by atoms with Crippen LogP contribution in [0.5, 0.6) is 0 Å². The maximum absolute atomic E-state index is 10.8. The number of hydrogen-bond acceptors (Lipinski definition) is 2. The monoisotopic (exact) mass is 177 g/mol. The minimum atomic E-state index is -0.0832. The standard InChI is InChI=1S/C9H11N3O/c13-9-11-5-8(6-12-9)7-2-1-3-10-4-7/h1-4,8H,5-6H2,(H2,11,12,13). The predicted molar refractivity (Wildman–Crippen MR) is 48.4 cm³/mol. The summed E-state index contributed by atoms with van der Waals surface area (Å²) < 4.78 is 0. The Balaban J connectivity index is 2.07. The van der Waals surface area contributed by atoms with Gasteiger partial charge in [0.25, 0.3) is 0 Å². The molecule has 4 heteroatoms. The zero-order valence-corrected chi connectivity index (χ0v) is 7.16. The Labute approximate surface area is 76.4 Å². The first-order valence-electron chi connectivity index (χ1n) is 4.28. The minimum absolute atomic E-state index is 0.0832. The van der Waals surface area contributed by atoms with Crippen LogP contribution >= 0.6 is 0 Å². The van der Waals surface area contributed by atoms with E-state index in [9.17, 15) is 4.79 Å². The summed E-state index contributed by atoms with van der Waals surface area (Å²) in [4.78, 5) is 14.8. The molecule has 0 atom stereocenters. The molecule has 1 saturated heterocycles. The molecule has 0 radical (unpaired) electrons. The first-order valence-corrected chi connectivity index (χ1v) is 4.28. The molecule has 1 aliphatic rings. The Morgan fingerprint density at radius 3 is 2.77 bits per heavy atom.